The fourth-order valence-electron chi connectivity index (χ4n) is 1.46. The van der Waals surface area contributed by atoms with Crippen LogP contribution < -0.4 is 11.1 Å². The lowest BCUT2D eigenvalue weighted by molar-refractivity contribution is 0.100. The predicted octanol–water partition coefficient (Wildman–Crippen LogP) is 0.902. The van der Waals surface area contributed by atoms with Crippen molar-refractivity contribution in [2.75, 3.05) is 6.54 Å². The minimum Gasteiger partial charge on any atom is -0.366 e. The molecule has 0 saturated carbocycles. The Bertz CT molecular complexity index is 477. The van der Waals surface area contributed by atoms with Crippen LogP contribution in [-0.4, -0.2) is 22.4 Å². The van der Waals surface area contributed by atoms with Crippen molar-refractivity contribution < 1.29 is 4.79 Å². The van der Waals surface area contributed by atoms with Gasteiger partial charge in [0.15, 0.2) is 0 Å². The van der Waals surface area contributed by atoms with Gasteiger partial charge in [-0.1, -0.05) is 0 Å². The van der Waals surface area contributed by atoms with Gasteiger partial charge in [-0.2, -0.15) is 0 Å². The lowest BCUT2D eigenvalue weighted by Gasteiger charge is -2.00. The maximum absolute atomic E-state index is 10.9. The van der Waals surface area contributed by atoms with Crippen molar-refractivity contribution in [2.45, 2.75) is 13.0 Å². The van der Waals surface area contributed by atoms with E-state index in [0.717, 1.165) is 30.1 Å². The second-order valence-electron chi connectivity index (χ2n) is 3.67. The van der Waals surface area contributed by atoms with E-state index in [-0.39, 0.29) is 5.91 Å². The number of thiophene rings is 1. The topological polar surface area (TPSA) is 83.8 Å². The van der Waals surface area contributed by atoms with Crippen LogP contribution >= 0.6 is 11.3 Å². The van der Waals surface area contributed by atoms with E-state index in [2.05, 4.69) is 15.3 Å². The van der Waals surface area contributed by atoms with E-state index in [1.54, 1.807) is 23.0 Å². The SMILES string of the molecule is NC(=O)c1csc(CNCCc2cnc[nH]2)c1. The molecule has 1 amide bonds. The standard InChI is InChI=1S/C11H14N4OS/c12-11(16)8-3-10(17-6-8)5-13-2-1-9-4-14-7-15-9/h3-4,6-7,13H,1-2,5H2,(H2,12,16)(H,14,15). The maximum atomic E-state index is 10.9. The molecule has 0 atom stereocenters. The van der Waals surface area contributed by atoms with E-state index in [1.165, 1.54) is 0 Å². The van der Waals surface area contributed by atoms with Gasteiger partial charge in [-0.25, -0.2) is 4.98 Å². The number of rotatable bonds is 6. The highest BCUT2D eigenvalue weighted by molar-refractivity contribution is 7.10. The van der Waals surface area contributed by atoms with Gasteiger partial charge in [0.1, 0.15) is 0 Å². The third-order valence-electron chi connectivity index (χ3n) is 2.36. The smallest absolute Gasteiger partial charge is 0.249 e. The average Bonchev–Trinajstić information content (AvgIpc) is 2.96. The number of aromatic amines is 1. The zero-order valence-corrected chi connectivity index (χ0v) is 10.1. The Labute approximate surface area is 103 Å². The van der Waals surface area contributed by atoms with Crippen LogP contribution in [0.4, 0.5) is 0 Å². The van der Waals surface area contributed by atoms with Crippen LogP contribution in [-0.2, 0) is 13.0 Å². The number of nitrogens with two attached hydrogens (primary N) is 1. The first kappa shape index (κ1) is 11.8. The summed E-state index contributed by atoms with van der Waals surface area (Å²) in [6.45, 7) is 1.62. The summed E-state index contributed by atoms with van der Waals surface area (Å²) in [6.07, 6.45) is 4.40. The van der Waals surface area contributed by atoms with Crippen molar-refractivity contribution in [1.29, 1.82) is 0 Å². The van der Waals surface area contributed by atoms with Gasteiger partial charge in [-0.15, -0.1) is 11.3 Å². The molecule has 0 saturated heterocycles. The zero-order chi connectivity index (χ0) is 12.1. The van der Waals surface area contributed by atoms with Gasteiger partial charge in [0, 0.05) is 41.7 Å². The van der Waals surface area contributed by atoms with Crippen LogP contribution in [0, 0.1) is 0 Å². The summed E-state index contributed by atoms with van der Waals surface area (Å²) >= 11 is 1.54. The summed E-state index contributed by atoms with van der Waals surface area (Å²) in [5, 5.41) is 5.09. The van der Waals surface area contributed by atoms with Crippen molar-refractivity contribution in [3.8, 4) is 0 Å². The molecular weight excluding hydrogens is 236 g/mol. The average molecular weight is 250 g/mol. The van der Waals surface area contributed by atoms with Gasteiger partial charge in [0.25, 0.3) is 0 Å². The number of primary amides is 1. The van der Waals surface area contributed by atoms with Crippen LogP contribution in [0.25, 0.3) is 0 Å². The summed E-state index contributed by atoms with van der Waals surface area (Å²) in [6, 6.07) is 1.83. The normalized spacial score (nSPS) is 10.6. The van der Waals surface area contributed by atoms with E-state index in [0.29, 0.717) is 5.56 Å². The molecule has 2 rings (SSSR count). The Morgan fingerprint density at radius 3 is 3.12 bits per heavy atom. The molecule has 2 aromatic heterocycles. The largest absolute Gasteiger partial charge is 0.366 e. The van der Waals surface area contributed by atoms with E-state index in [4.69, 9.17) is 5.73 Å². The molecule has 90 valence electrons. The molecule has 17 heavy (non-hydrogen) atoms. The number of hydrogen-bond donors (Lipinski definition) is 3. The van der Waals surface area contributed by atoms with Gasteiger partial charge in [-0.05, 0) is 6.07 Å². The second kappa shape index (κ2) is 5.60. The minimum atomic E-state index is -0.370. The summed E-state index contributed by atoms with van der Waals surface area (Å²) in [4.78, 5) is 19.0. The fraction of sp³-hybridized carbons (Fsp3) is 0.273. The first-order valence-corrected chi connectivity index (χ1v) is 6.19. The monoisotopic (exact) mass is 250 g/mol. The zero-order valence-electron chi connectivity index (χ0n) is 9.27. The molecule has 2 heterocycles. The predicted molar refractivity (Wildman–Crippen MR) is 66.8 cm³/mol. The van der Waals surface area contributed by atoms with Crippen molar-refractivity contribution in [2.24, 2.45) is 5.73 Å². The number of imidazole rings is 1. The van der Waals surface area contributed by atoms with E-state index >= 15 is 0 Å². The number of carbonyl (C=O) groups is 1. The van der Waals surface area contributed by atoms with Crippen molar-refractivity contribution >= 4 is 17.2 Å². The molecule has 0 fully saturated rings. The third-order valence-corrected chi connectivity index (χ3v) is 3.30. The summed E-state index contributed by atoms with van der Waals surface area (Å²) in [5.74, 6) is -0.370. The Balaban J connectivity index is 1.72. The van der Waals surface area contributed by atoms with Crippen LogP contribution in [0.3, 0.4) is 0 Å². The molecule has 0 aliphatic rings. The Morgan fingerprint density at radius 2 is 2.47 bits per heavy atom. The number of carbonyl (C=O) groups excluding carboxylic acids is 1. The van der Waals surface area contributed by atoms with Crippen LogP contribution in [0.1, 0.15) is 20.9 Å². The highest BCUT2D eigenvalue weighted by Crippen LogP contribution is 2.13. The Hall–Kier alpha value is -1.66. The number of H-pyrrole nitrogens is 1. The van der Waals surface area contributed by atoms with E-state index < -0.39 is 0 Å². The fourth-order valence-corrected chi connectivity index (χ4v) is 2.30. The minimum absolute atomic E-state index is 0.370. The number of nitrogens with one attached hydrogen (secondary N) is 2. The van der Waals surface area contributed by atoms with Crippen molar-refractivity contribution in [1.82, 2.24) is 15.3 Å². The maximum Gasteiger partial charge on any atom is 0.249 e. The molecule has 2 aromatic rings. The van der Waals surface area contributed by atoms with Crippen molar-refractivity contribution in [3.05, 3.63) is 40.1 Å². The van der Waals surface area contributed by atoms with Gasteiger partial charge >= 0.3 is 0 Å². The lowest BCUT2D eigenvalue weighted by atomic mass is 10.3. The molecule has 0 bridgehead atoms. The van der Waals surface area contributed by atoms with Crippen LogP contribution in [0.2, 0.25) is 0 Å². The Morgan fingerprint density at radius 1 is 1.59 bits per heavy atom. The molecule has 5 nitrogen and oxygen atoms in total. The number of hydrogen-bond acceptors (Lipinski definition) is 4. The van der Waals surface area contributed by atoms with Crippen molar-refractivity contribution in [3.63, 3.8) is 0 Å². The summed E-state index contributed by atoms with van der Waals surface area (Å²) < 4.78 is 0. The molecule has 0 radical (unpaired) electrons. The highest BCUT2D eigenvalue weighted by Gasteiger charge is 2.04. The summed E-state index contributed by atoms with van der Waals surface area (Å²) in [5.41, 5.74) is 6.88. The number of amides is 1. The second-order valence-corrected chi connectivity index (χ2v) is 4.67. The molecule has 6 heteroatoms. The molecule has 0 aliphatic heterocycles. The molecule has 0 unspecified atom stereocenters. The lowest BCUT2D eigenvalue weighted by Crippen LogP contribution is -2.16. The van der Waals surface area contributed by atoms with Gasteiger partial charge in [0.2, 0.25) is 5.91 Å². The van der Waals surface area contributed by atoms with E-state index in [9.17, 15) is 4.79 Å². The first-order valence-electron chi connectivity index (χ1n) is 5.31. The van der Waals surface area contributed by atoms with E-state index in [1.807, 2.05) is 12.3 Å². The van der Waals surface area contributed by atoms with Crippen LogP contribution in [0.15, 0.2) is 24.0 Å². The first-order chi connectivity index (χ1) is 8.25. The molecule has 0 aromatic carbocycles. The highest BCUT2D eigenvalue weighted by atomic mass is 32.1. The number of nitrogens with zero attached hydrogens (tertiary/aromatic N) is 1. The quantitative estimate of drug-likeness (QED) is 0.666. The van der Waals surface area contributed by atoms with Gasteiger partial charge in [-0.3, -0.25) is 4.79 Å². The summed E-state index contributed by atoms with van der Waals surface area (Å²) in [7, 11) is 0. The van der Waals surface area contributed by atoms with Crippen LogP contribution in [0.5, 0.6) is 0 Å². The molecular formula is C11H14N4OS. The number of aromatic nitrogens is 2. The third kappa shape index (κ3) is 3.40. The molecule has 0 spiro atoms. The Kier molecular flexibility index (Phi) is 3.89. The molecule has 0 aliphatic carbocycles. The van der Waals surface area contributed by atoms with Gasteiger partial charge < -0.3 is 16.0 Å². The van der Waals surface area contributed by atoms with Gasteiger partial charge in [0.05, 0.1) is 11.9 Å². The molecule has 4 N–H and O–H groups in total.